The van der Waals surface area contributed by atoms with Gasteiger partial charge >= 0.3 is 0 Å². The molecule has 0 aliphatic carbocycles. The zero-order chi connectivity index (χ0) is 11.8. The Bertz CT molecular complexity index is 374. The SMILES string of the molecule is C=CCNC(=NC)NCc1cccc(F)c1. The summed E-state index contributed by atoms with van der Waals surface area (Å²) < 4.78 is 12.9. The topological polar surface area (TPSA) is 36.4 Å². The van der Waals surface area contributed by atoms with Crippen molar-refractivity contribution in [1.82, 2.24) is 10.6 Å². The minimum atomic E-state index is -0.228. The van der Waals surface area contributed by atoms with Gasteiger partial charge < -0.3 is 10.6 Å². The second-order valence-electron chi connectivity index (χ2n) is 3.23. The molecule has 3 nitrogen and oxygen atoms in total. The monoisotopic (exact) mass is 221 g/mol. The fraction of sp³-hybridized carbons (Fsp3) is 0.250. The zero-order valence-corrected chi connectivity index (χ0v) is 9.33. The molecule has 86 valence electrons. The zero-order valence-electron chi connectivity index (χ0n) is 9.33. The summed E-state index contributed by atoms with van der Waals surface area (Å²) in [6.07, 6.45) is 1.75. The summed E-state index contributed by atoms with van der Waals surface area (Å²) in [6.45, 7) is 4.78. The fourth-order valence-electron chi connectivity index (χ4n) is 1.22. The van der Waals surface area contributed by atoms with Crippen molar-refractivity contribution in [1.29, 1.82) is 0 Å². The van der Waals surface area contributed by atoms with E-state index in [9.17, 15) is 4.39 Å². The summed E-state index contributed by atoms with van der Waals surface area (Å²) in [5.41, 5.74) is 0.876. The number of hydrogen-bond donors (Lipinski definition) is 2. The molecule has 0 heterocycles. The van der Waals surface area contributed by atoms with Gasteiger partial charge in [0, 0.05) is 20.1 Å². The molecule has 0 aliphatic rings. The van der Waals surface area contributed by atoms with Gasteiger partial charge in [-0.05, 0) is 17.7 Å². The molecule has 0 radical (unpaired) electrons. The van der Waals surface area contributed by atoms with Gasteiger partial charge in [-0.1, -0.05) is 18.2 Å². The van der Waals surface area contributed by atoms with Crippen molar-refractivity contribution < 1.29 is 4.39 Å². The van der Waals surface area contributed by atoms with Gasteiger partial charge in [-0.15, -0.1) is 6.58 Å². The molecule has 0 aliphatic heterocycles. The summed E-state index contributed by atoms with van der Waals surface area (Å²) >= 11 is 0. The Kier molecular flexibility index (Phi) is 5.05. The number of nitrogens with one attached hydrogen (secondary N) is 2. The second kappa shape index (κ2) is 6.61. The van der Waals surface area contributed by atoms with Crippen LogP contribution in [-0.2, 0) is 6.54 Å². The van der Waals surface area contributed by atoms with Crippen molar-refractivity contribution in [2.24, 2.45) is 4.99 Å². The second-order valence-corrected chi connectivity index (χ2v) is 3.23. The van der Waals surface area contributed by atoms with E-state index in [0.717, 1.165) is 5.56 Å². The maximum Gasteiger partial charge on any atom is 0.191 e. The molecule has 0 atom stereocenters. The van der Waals surface area contributed by atoms with Crippen molar-refractivity contribution in [3.63, 3.8) is 0 Å². The van der Waals surface area contributed by atoms with Crippen LogP contribution in [-0.4, -0.2) is 19.6 Å². The molecule has 1 aromatic carbocycles. The molecule has 1 rings (SSSR count). The standard InChI is InChI=1S/C12H16FN3/c1-3-7-15-12(14-2)16-9-10-5-4-6-11(13)8-10/h3-6,8H,1,7,9H2,2H3,(H2,14,15,16). The van der Waals surface area contributed by atoms with E-state index in [0.29, 0.717) is 19.0 Å². The van der Waals surface area contributed by atoms with Gasteiger partial charge in [-0.25, -0.2) is 4.39 Å². The number of hydrogen-bond acceptors (Lipinski definition) is 1. The van der Waals surface area contributed by atoms with Crippen LogP contribution < -0.4 is 10.6 Å². The van der Waals surface area contributed by atoms with Crippen molar-refractivity contribution in [2.45, 2.75) is 6.54 Å². The third-order valence-corrected chi connectivity index (χ3v) is 1.99. The van der Waals surface area contributed by atoms with Gasteiger partial charge in [0.25, 0.3) is 0 Å². The van der Waals surface area contributed by atoms with Gasteiger partial charge in [0.05, 0.1) is 0 Å². The Hall–Kier alpha value is -1.84. The number of guanidine groups is 1. The van der Waals surface area contributed by atoms with Gasteiger partial charge in [0.1, 0.15) is 5.82 Å². The number of benzene rings is 1. The first-order valence-corrected chi connectivity index (χ1v) is 5.06. The van der Waals surface area contributed by atoms with Crippen LogP contribution in [0.3, 0.4) is 0 Å². The highest BCUT2D eigenvalue weighted by Crippen LogP contribution is 2.02. The van der Waals surface area contributed by atoms with Gasteiger partial charge in [0.15, 0.2) is 5.96 Å². The molecule has 16 heavy (non-hydrogen) atoms. The van der Waals surface area contributed by atoms with Gasteiger partial charge in [-0.3, -0.25) is 4.99 Å². The molecule has 1 aromatic rings. The maximum absolute atomic E-state index is 12.9. The lowest BCUT2D eigenvalue weighted by Crippen LogP contribution is -2.36. The van der Waals surface area contributed by atoms with Crippen LogP contribution in [0.2, 0.25) is 0 Å². The van der Waals surface area contributed by atoms with E-state index < -0.39 is 0 Å². The first-order valence-electron chi connectivity index (χ1n) is 5.06. The minimum Gasteiger partial charge on any atom is -0.353 e. The Labute approximate surface area is 95.1 Å². The van der Waals surface area contributed by atoms with Crippen LogP contribution >= 0.6 is 0 Å². The predicted molar refractivity (Wildman–Crippen MR) is 64.8 cm³/mol. The first-order chi connectivity index (χ1) is 7.76. The van der Waals surface area contributed by atoms with Crippen LogP contribution in [0.1, 0.15) is 5.56 Å². The summed E-state index contributed by atoms with van der Waals surface area (Å²) in [5, 5.41) is 6.10. The quantitative estimate of drug-likeness (QED) is 0.461. The maximum atomic E-state index is 12.9. The smallest absolute Gasteiger partial charge is 0.191 e. The van der Waals surface area contributed by atoms with Crippen LogP contribution in [0.4, 0.5) is 4.39 Å². The average molecular weight is 221 g/mol. The highest BCUT2D eigenvalue weighted by atomic mass is 19.1. The molecule has 4 heteroatoms. The lowest BCUT2D eigenvalue weighted by atomic mass is 10.2. The predicted octanol–water partition coefficient (Wildman–Crippen LogP) is 1.68. The number of nitrogens with zero attached hydrogens (tertiary/aromatic N) is 1. The number of aliphatic imine (C=N–C) groups is 1. The highest BCUT2D eigenvalue weighted by Gasteiger charge is 1.97. The Balaban J connectivity index is 2.46. The lowest BCUT2D eigenvalue weighted by Gasteiger charge is -2.10. The van der Waals surface area contributed by atoms with E-state index in [1.807, 2.05) is 6.07 Å². The van der Waals surface area contributed by atoms with E-state index in [1.165, 1.54) is 12.1 Å². The minimum absolute atomic E-state index is 0.228. The number of halogens is 1. The van der Waals surface area contributed by atoms with Crippen molar-refractivity contribution in [2.75, 3.05) is 13.6 Å². The van der Waals surface area contributed by atoms with Crippen molar-refractivity contribution in [3.05, 3.63) is 48.3 Å². The normalized spacial score (nSPS) is 11.0. The van der Waals surface area contributed by atoms with E-state index in [1.54, 1.807) is 19.2 Å². The third-order valence-electron chi connectivity index (χ3n) is 1.99. The molecule has 0 fully saturated rings. The Morgan fingerprint density at radius 3 is 2.94 bits per heavy atom. The molecule has 0 bridgehead atoms. The van der Waals surface area contributed by atoms with Crippen molar-refractivity contribution >= 4 is 5.96 Å². The first kappa shape index (κ1) is 12.2. The Morgan fingerprint density at radius 2 is 2.31 bits per heavy atom. The fourth-order valence-corrected chi connectivity index (χ4v) is 1.22. The summed E-state index contributed by atoms with van der Waals surface area (Å²) in [4.78, 5) is 4.02. The van der Waals surface area contributed by atoms with Gasteiger partial charge in [0.2, 0.25) is 0 Å². The molecule has 0 aromatic heterocycles. The largest absolute Gasteiger partial charge is 0.353 e. The molecular formula is C12H16FN3. The van der Waals surface area contributed by atoms with E-state index in [-0.39, 0.29) is 5.82 Å². The molecule has 0 saturated carbocycles. The van der Waals surface area contributed by atoms with Crippen LogP contribution in [0.25, 0.3) is 0 Å². The molecule has 0 spiro atoms. The van der Waals surface area contributed by atoms with Crippen LogP contribution in [0.15, 0.2) is 41.9 Å². The molecule has 0 amide bonds. The van der Waals surface area contributed by atoms with E-state index >= 15 is 0 Å². The van der Waals surface area contributed by atoms with Crippen molar-refractivity contribution in [3.8, 4) is 0 Å². The van der Waals surface area contributed by atoms with E-state index in [2.05, 4.69) is 22.2 Å². The summed E-state index contributed by atoms with van der Waals surface area (Å²) in [5.74, 6) is 0.442. The molecule has 0 saturated heterocycles. The molecular weight excluding hydrogens is 205 g/mol. The summed E-state index contributed by atoms with van der Waals surface area (Å²) in [6, 6.07) is 6.46. The third kappa shape index (κ3) is 4.13. The van der Waals surface area contributed by atoms with Crippen LogP contribution in [0, 0.1) is 5.82 Å². The van der Waals surface area contributed by atoms with Crippen LogP contribution in [0.5, 0.6) is 0 Å². The molecule has 2 N–H and O–H groups in total. The Morgan fingerprint density at radius 1 is 1.50 bits per heavy atom. The average Bonchev–Trinajstić information content (AvgIpc) is 2.29. The highest BCUT2D eigenvalue weighted by molar-refractivity contribution is 5.79. The number of rotatable bonds is 4. The van der Waals surface area contributed by atoms with Gasteiger partial charge in [-0.2, -0.15) is 0 Å². The lowest BCUT2D eigenvalue weighted by molar-refractivity contribution is 0.624. The van der Waals surface area contributed by atoms with E-state index in [4.69, 9.17) is 0 Å². The summed E-state index contributed by atoms with van der Waals surface area (Å²) in [7, 11) is 1.68. The molecule has 0 unspecified atom stereocenters.